The molecular formula is C35H48N6O3. The molecule has 1 saturated heterocycles. The van der Waals surface area contributed by atoms with Crippen LogP contribution in [0.25, 0.3) is 6.08 Å². The maximum Gasteiger partial charge on any atom is 0.319 e. The Morgan fingerprint density at radius 3 is 2.20 bits per heavy atom. The molecule has 9 heteroatoms. The van der Waals surface area contributed by atoms with Crippen molar-refractivity contribution in [3.63, 3.8) is 0 Å². The Balaban J connectivity index is 1.27. The Morgan fingerprint density at radius 1 is 0.841 bits per heavy atom. The number of hydrogen-bond donors (Lipinski definition) is 4. The third kappa shape index (κ3) is 9.08. The first-order valence-electron chi connectivity index (χ1n) is 16.5. The van der Waals surface area contributed by atoms with Gasteiger partial charge in [-0.05, 0) is 55.0 Å². The van der Waals surface area contributed by atoms with Crippen molar-refractivity contribution in [2.24, 2.45) is 11.7 Å². The van der Waals surface area contributed by atoms with E-state index in [0.717, 1.165) is 63.1 Å². The number of carbonyl (C=O) groups excluding carboxylic acids is 3. The average Bonchev–Trinajstić information content (AvgIpc) is 3.05. The third-order valence-electron chi connectivity index (χ3n) is 9.43. The summed E-state index contributed by atoms with van der Waals surface area (Å²) in [6, 6.07) is 14.7. The summed E-state index contributed by atoms with van der Waals surface area (Å²) in [6.45, 7) is 3.72. The number of benzene rings is 2. The number of amides is 4. The molecule has 2 aliphatic carbocycles. The highest BCUT2D eigenvalue weighted by Crippen LogP contribution is 2.32. The molecule has 2 aromatic rings. The van der Waals surface area contributed by atoms with Gasteiger partial charge in [0.2, 0.25) is 11.8 Å². The number of rotatable bonds is 10. The highest BCUT2D eigenvalue weighted by molar-refractivity contribution is 6.04. The molecule has 0 radical (unpaired) electrons. The number of piperazine rings is 1. The molecule has 1 aliphatic heterocycles. The van der Waals surface area contributed by atoms with Crippen LogP contribution in [0.1, 0.15) is 76.2 Å². The van der Waals surface area contributed by atoms with Gasteiger partial charge in [-0.15, -0.1) is 0 Å². The van der Waals surface area contributed by atoms with E-state index in [0.29, 0.717) is 29.8 Å². The summed E-state index contributed by atoms with van der Waals surface area (Å²) in [5, 5.41) is 8.70. The van der Waals surface area contributed by atoms with Crippen LogP contribution in [0.3, 0.4) is 0 Å². The number of anilines is 3. The molecule has 2 saturated carbocycles. The summed E-state index contributed by atoms with van der Waals surface area (Å²) in [7, 11) is 0. The van der Waals surface area contributed by atoms with E-state index in [-0.39, 0.29) is 5.91 Å². The number of urea groups is 1. The lowest BCUT2D eigenvalue weighted by molar-refractivity contribution is -0.120. The molecule has 1 heterocycles. The summed E-state index contributed by atoms with van der Waals surface area (Å²) >= 11 is 0. The van der Waals surface area contributed by atoms with Crippen LogP contribution in [0.5, 0.6) is 0 Å². The van der Waals surface area contributed by atoms with Crippen LogP contribution in [0.15, 0.2) is 54.6 Å². The first-order chi connectivity index (χ1) is 21.4. The summed E-state index contributed by atoms with van der Waals surface area (Å²) in [5.74, 6) is -0.379. The number of hydrogen-bond acceptors (Lipinski definition) is 5. The van der Waals surface area contributed by atoms with Gasteiger partial charge < -0.3 is 26.6 Å². The quantitative estimate of drug-likeness (QED) is 0.259. The van der Waals surface area contributed by atoms with E-state index >= 15 is 0 Å². The lowest BCUT2D eigenvalue weighted by atomic mass is 9.84. The van der Waals surface area contributed by atoms with Gasteiger partial charge in [-0.25, -0.2) is 4.79 Å². The normalized spacial score (nSPS) is 19.4. The van der Waals surface area contributed by atoms with Crippen molar-refractivity contribution < 1.29 is 14.4 Å². The van der Waals surface area contributed by atoms with E-state index in [1.165, 1.54) is 44.6 Å². The van der Waals surface area contributed by atoms with Crippen molar-refractivity contribution >= 4 is 41.0 Å². The van der Waals surface area contributed by atoms with E-state index in [9.17, 15) is 14.4 Å². The van der Waals surface area contributed by atoms with E-state index < -0.39 is 18.0 Å². The molecule has 0 bridgehead atoms. The number of nitrogens with one attached hydrogen (secondary N) is 3. The van der Waals surface area contributed by atoms with Crippen LogP contribution in [0, 0.1) is 5.92 Å². The summed E-state index contributed by atoms with van der Waals surface area (Å²) in [6.07, 6.45) is 16.1. The highest BCUT2D eigenvalue weighted by Gasteiger charge is 2.27. The SMILES string of the molecule is NC(=O)C(CC1CCCCC1)NC(=O)Nc1ccc(N2CCN(C3CCCCC3)CC2)c(NC(=O)/C=C/c2ccccc2)c1. The van der Waals surface area contributed by atoms with E-state index in [1.807, 2.05) is 42.5 Å². The van der Waals surface area contributed by atoms with Gasteiger partial charge in [-0.3, -0.25) is 14.5 Å². The van der Waals surface area contributed by atoms with Crippen LogP contribution in [-0.4, -0.2) is 61.0 Å². The molecule has 5 N–H and O–H groups in total. The molecule has 3 aliphatic rings. The molecule has 4 amide bonds. The summed E-state index contributed by atoms with van der Waals surface area (Å²) in [5.41, 5.74) is 8.67. The third-order valence-corrected chi connectivity index (χ3v) is 9.43. The van der Waals surface area contributed by atoms with Gasteiger partial charge in [0, 0.05) is 44.0 Å². The number of primary amides is 1. The fourth-order valence-electron chi connectivity index (χ4n) is 7.00. The molecule has 236 valence electrons. The molecule has 0 aromatic heterocycles. The monoisotopic (exact) mass is 600 g/mol. The van der Waals surface area contributed by atoms with E-state index in [4.69, 9.17) is 5.73 Å². The highest BCUT2D eigenvalue weighted by atomic mass is 16.2. The van der Waals surface area contributed by atoms with Crippen molar-refractivity contribution in [2.45, 2.75) is 82.7 Å². The molecular weight excluding hydrogens is 552 g/mol. The molecule has 1 atom stereocenters. The minimum Gasteiger partial charge on any atom is -0.368 e. The zero-order chi connectivity index (χ0) is 30.7. The molecule has 1 unspecified atom stereocenters. The Labute approximate surface area is 261 Å². The van der Waals surface area contributed by atoms with Gasteiger partial charge in [0.05, 0.1) is 11.4 Å². The second-order valence-electron chi connectivity index (χ2n) is 12.6. The number of carbonyl (C=O) groups is 3. The Hall–Kier alpha value is -3.85. The fourth-order valence-corrected chi connectivity index (χ4v) is 7.00. The lowest BCUT2D eigenvalue weighted by Gasteiger charge is -2.42. The van der Waals surface area contributed by atoms with Gasteiger partial charge in [-0.2, -0.15) is 0 Å². The molecule has 9 nitrogen and oxygen atoms in total. The van der Waals surface area contributed by atoms with Crippen molar-refractivity contribution in [2.75, 3.05) is 41.7 Å². The molecule has 0 spiro atoms. The minimum absolute atomic E-state index is 0.251. The Kier molecular flexibility index (Phi) is 11.3. The first kappa shape index (κ1) is 31.6. The van der Waals surface area contributed by atoms with Gasteiger partial charge in [0.15, 0.2) is 0 Å². The van der Waals surface area contributed by atoms with Gasteiger partial charge in [0.25, 0.3) is 0 Å². The van der Waals surface area contributed by atoms with E-state index in [2.05, 4.69) is 25.8 Å². The maximum absolute atomic E-state index is 13.0. The second kappa shape index (κ2) is 15.7. The van der Waals surface area contributed by atoms with Crippen molar-refractivity contribution in [1.82, 2.24) is 10.2 Å². The van der Waals surface area contributed by atoms with Crippen LogP contribution in [-0.2, 0) is 9.59 Å². The second-order valence-corrected chi connectivity index (χ2v) is 12.6. The van der Waals surface area contributed by atoms with E-state index in [1.54, 1.807) is 12.1 Å². The number of nitrogens with zero attached hydrogens (tertiary/aromatic N) is 2. The largest absolute Gasteiger partial charge is 0.368 e. The van der Waals surface area contributed by atoms with Crippen molar-refractivity contribution in [3.05, 3.63) is 60.2 Å². The molecule has 2 aromatic carbocycles. The lowest BCUT2D eigenvalue weighted by Crippen LogP contribution is -2.51. The first-order valence-corrected chi connectivity index (χ1v) is 16.5. The Bertz CT molecular complexity index is 1280. The predicted octanol–water partition coefficient (Wildman–Crippen LogP) is 5.74. The topological polar surface area (TPSA) is 120 Å². The van der Waals surface area contributed by atoms with Crippen LogP contribution in [0.2, 0.25) is 0 Å². The van der Waals surface area contributed by atoms with Crippen LogP contribution >= 0.6 is 0 Å². The number of nitrogens with two attached hydrogens (primary N) is 1. The van der Waals surface area contributed by atoms with Gasteiger partial charge in [0.1, 0.15) is 6.04 Å². The van der Waals surface area contributed by atoms with Gasteiger partial charge in [-0.1, -0.05) is 81.7 Å². The van der Waals surface area contributed by atoms with Crippen molar-refractivity contribution in [1.29, 1.82) is 0 Å². The zero-order valence-electron chi connectivity index (χ0n) is 25.8. The van der Waals surface area contributed by atoms with Crippen LogP contribution in [0.4, 0.5) is 21.9 Å². The van der Waals surface area contributed by atoms with Crippen molar-refractivity contribution in [3.8, 4) is 0 Å². The standard InChI is InChI=1S/C35H48N6O3/c36-34(43)31(24-27-12-6-2-7-13-27)39-35(44)37-28-17-18-32(41-22-20-40(21-23-41)29-14-8-3-9-15-29)30(25-28)38-33(42)19-16-26-10-4-1-5-11-26/h1,4-5,10-11,16-19,25,27,29,31H,2-3,6-9,12-15,20-24H2,(H2,36,43)(H,38,42)(H2,37,39,44)/b19-16+. The van der Waals surface area contributed by atoms with Gasteiger partial charge >= 0.3 is 6.03 Å². The summed E-state index contributed by atoms with van der Waals surface area (Å²) < 4.78 is 0. The Morgan fingerprint density at radius 2 is 1.52 bits per heavy atom. The average molecular weight is 601 g/mol. The predicted molar refractivity (Wildman–Crippen MR) is 178 cm³/mol. The minimum atomic E-state index is -0.722. The fraction of sp³-hybridized carbons (Fsp3) is 0.514. The van der Waals surface area contributed by atoms with Crippen LogP contribution < -0.4 is 26.6 Å². The maximum atomic E-state index is 13.0. The molecule has 5 rings (SSSR count). The summed E-state index contributed by atoms with van der Waals surface area (Å²) in [4.78, 5) is 43.1. The zero-order valence-corrected chi connectivity index (χ0v) is 25.8. The smallest absolute Gasteiger partial charge is 0.319 e. The molecule has 44 heavy (non-hydrogen) atoms. The molecule has 3 fully saturated rings.